The number of para-hydroxylation sites is 1. The zero-order valence-corrected chi connectivity index (χ0v) is 24.2. The van der Waals surface area contributed by atoms with Crippen LogP contribution in [0.5, 0.6) is 11.5 Å². The molecule has 1 unspecified atom stereocenters. The Morgan fingerprint density at radius 3 is 2.15 bits per heavy atom. The molecule has 3 aromatic carbocycles. The summed E-state index contributed by atoms with van der Waals surface area (Å²) in [6.07, 6.45) is 5.00. The van der Waals surface area contributed by atoms with Crippen molar-refractivity contribution in [1.29, 1.82) is 0 Å². The normalized spacial score (nSPS) is 14.4. The van der Waals surface area contributed by atoms with Crippen molar-refractivity contribution in [2.75, 3.05) is 17.1 Å². The molecule has 1 atom stereocenters. The molecule has 2 amide bonds. The van der Waals surface area contributed by atoms with Crippen LogP contribution in [0.2, 0.25) is 5.02 Å². The highest BCUT2D eigenvalue weighted by atomic mass is 35.5. The van der Waals surface area contributed by atoms with Gasteiger partial charge in [0, 0.05) is 17.6 Å². The van der Waals surface area contributed by atoms with Crippen LogP contribution in [0.4, 0.5) is 5.69 Å². The molecule has 0 bridgehead atoms. The summed E-state index contributed by atoms with van der Waals surface area (Å²) in [5.41, 5.74) is 1.08. The quantitative estimate of drug-likeness (QED) is 0.327. The third-order valence-corrected chi connectivity index (χ3v) is 8.31. The molecule has 40 heavy (non-hydrogen) atoms. The van der Waals surface area contributed by atoms with Gasteiger partial charge in [-0.1, -0.05) is 54.8 Å². The number of carbonyl (C=O) groups is 2. The van der Waals surface area contributed by atoms with Gasteiger partial charge in [0.2, 0.25) is 21.8 Å². The molecule has 1 aliphatic rings. The highest BCUT2D eigenvalue weighted by Crippen LogP contribution is 2.26. The largest absolute Gasteiger partial charge is 0.457 e. The maximum absolute atomic E-state index is 13.7. The molecule has 0 radical (unpaired) electrons. The van der Waals surface area contributed by atoms with E-state index >= 15 is 0 Å². The van der Waals surface area contributed by atoms with Crippen LogP contribution < -0.4 is 14.4 Å². The molecule has 1 aliphatic carbocycles. The average molecular weight is 584 g/mol. The minimum atomic E-state index is -3.83. The van der Waals surface area contributed by atoms with E-state index in [2.05, 4.69) is 5.32 Å². The Hall–Kier alpha value is -3.56. The van der Waals surface area contributed by atoms with E-state index in [1.54, 1.807) is 55.5 Å². The fourth-order valence-corrected chi connectivity index (χ4v) is 5.66. The summed E-state index contributed by atoms with van der Waals surface area (Å²) in [6.45, 7) is 1.32. The van der Waals surface area contributed by atoms with Crippen molar-refractivity contribution in [1.82, 2.24) is 10.2 Å². The van der Waals surface area contributed by atoms with Crippen LogP contribution in [0.1, 0.15) is 38.2 Å². The van der Waals surface area contributed by atoms with Gasteiger partial charge >= 0.3 is 0 Å². The summed E-state index contributed by atoms with van der Waals surface area (Å²) in [5.74, 6) is 0.408. The fraction of sp³-hybridized carbons (Fsp3) is 0.333. The van der Waals surface area contributed by atoms with Crippen molar-refractivity contribution in [3.63, 3.8) is 0 Å². The number of amides is 2. The summed E-state index contributed by atoms with van der Waals surface area (Å²) in [6, 6.07) is 22.0. The minimum Gasteiger partial charge on any atom is -0.457 e. The Labute approximate surface area is 240 Å². The second kappa shape index (κ2) is 13.2. The summed E-state index contributed by atoms with van der Waals surface area (Å²) in [4.78, 5) is 28.3. The Bertz CT molecular complexity index is 1390. The zero-order chi connectivity index (χ0) is 28.7. The number of rotatable bonds is 11. The minimum absolute atomic E-state index is 0.0894. The molecule has 10 heteroatoms. The lowest BCUT2D eigenvalue weighted by Gasteiger charge is -2.32. The van der Waals surface area contributed by atoms with Gasteiger partial charge in [0.15, 0.2) is 0 Å². The van der Waals surface area contributed by atoms with Gasteiger partial charge in [0.05, 0.1) is 11.9 Å². The van der Waals surface area contributed by atoms with Gasteiger partial charge in [-0.2, -0.15) is 0 Å². The number of benzene rings is 3. The molecule has 4 rings (SSSR count). The average Bonchev–Trinajstić information content (AvgIpc) is 3.44. The molecule has 8 nitrogen and oxygen atoms in total. The van der Waals surface area contributed by atoms with Gasteiger partial charge in [-0.3, -0.25) is 13.9 Å². The Kier molecular flexibility index (Phi) is 9.71. The maximum Gasteiger partial charge on any atom is 0.244 e. The van der Waals surface area contributed by atoms with Gasteiger partial charge in [-0.05, 0) is 73.9 Å². The van der Waals surface area contributed by atoms with E-state index in [0.717, 1.165) is 41.8 Å². The van der Waals surface area contributed by atoms with Gasteiger partial charge < -0.3 is 15.0 Å². The van der Waals surface area contributed by atoms with E-state index in [-0.39, 0.29) is 18.5 Å². The highest BCUT2D eigenvalue weighted by molar-refractivity contribution is 7.92. The van der Waals surface area contributed by atoms with Crippen LogP contribution in [0.15, 0.2) is 78.9 Å². The second-order valence-electron chi connectivity index (χ2n) is 9.99. The molecule has 0 aromatic heterocycles. The first-order valence-electron chi connectivity index (χ1n) is 13.2. The van der Waals surface area contributed by atoms with Crippen molar-refractivity contribution < 1.29 is 22.7 Å². The third kappa shape index (κ3) is 7.99. The molecule has 1 fully saturated rings. The predicted molar refractivity (Wildman–Crippen MR) is 157 cm³/mol. The number of hydrogen-bond donors (Lipinski definition) is 1. The predicted octanol–water partition coefficient (Wildman–Crippen LogP) is 5.37. The number of nitrogens with zero attached hydrogens (tertiary/aromatic N) is 2. The van der Waals surface area contributed by atoms with Crippen molar-refractivity contribution in [3.05, 3.63) is 89.4 Å². The first-order valence-corrected chi connectivity index (χ1v) is 15.5. The Balaban J connectivity index is 1.55. The number of sulfonamides is 1. The van der Waals surface area contributed by atoms with Crippen LogP contribution >= 0.6 is 11.6 Å². The molecule has 0 spiro atoms. The van der Waals surface area contributed by atoms with Crippen LogP contribution in [-0.4, -0.2) is 50.0 Å². The monoisotopic (exact) mass is 583 g/mol. The highest BCUT2D eigenvalue weighted by Gasteiger charge is 2.31. The summed E-state index contributed by atoms with van der Waals surface area (Å²) in [5, 5.41) is 3.60. The van der Waals surface area contributed by atoms with Crippen molar-refractivity contribution in [2.45, 2.75) is 51.2 Å². The molecule has 1 N–H and O–H groups in total. The number of hydrogen-bond acceptors (Lipinski definition) is 5. The maximum atomic E-state index is 13.7. The van der Waals surface area contributed by atoms with E-state index in [9.17, 15) is 18.0 Å². The van der Waals surface area contributed by atoms with Crippen molar-refractivity contribution in [3.8, 4) is 11.5 Å². The molecular formula is C30H34ClN3O5S. The lowest BCUT2D eigenvalue weighted by Crippen LogP contribution is -2.52. The topological polar surface area (TPSA) is 96.0 Å². The van der Waals surface area contributed by atoms with Crippen LogP contribution in [0, 0.1) is 0 Å². The SMILES string of the molecule is CC(C(=O)NC1CCCC1)N(Cc1ccc(Cl)cc1)C(=O)CN(c1ccc(Oc2ccccc2)cc1)S(C)(=O)=O. The zero-order valence-electron chi connectivity index (χ0n) is 22.6. The first kappa shape index (κ1) is 29.4. The number of carbonyl (C=O) groups excluding carboxylic acids is 2. The van der Waals surface area contributed by atoms with Crippen molar-refractivity contribution >= 4 is 39.1 Å². The van der Waals surface area contributed by atoms with E-state index in [0.29, 0.717) is 22.2 Å². The smallest absolute Gasteiger partial charge is 0.244 e. The van der Waals surface area contributed by atoms with Gasteiger partial charge in [-0.15, -0.1) is 0 Å². The number of nitrogens with one attached hydrogen (secondary N) is 1. The fourth-order valence-electron chi connectivity index (χ4n) is 4.68. The van der Waals surface area contributed by atoms with Gasteiger partial charge in [0.1, 0.15) is 24.1 Å². The van der Waals surface area contributed by atoms with Gasteiger partial charge in [0.25, 0.3) is 0 Å². The molecule has 0 saturated heterocycles. The van der Waals surface area contributed by atoms with Crippen LogP contribution in [0.3, 0.4) is 0 Å². The summed E-state index contributed by atoms with van der Waals surface area (Å²) in [7, 11) is -3.83. The number of ether oxygens (including phenoxy) is 1. The lowest BCUT2D eigenvalue weighted by molar-refractivity contribution is -0.139. The molecule has 1 saturated carbocycles. The van der Waals surface area contributed by atoms with E-state index in [1.807, 2.05) is 30.3 Å². The van der Waals surface area contributed by atoms with Crippen molar-refractivity contribution in [2.24, 2.45) is 0 Å². The lowest BCUT2D eigenvalue weighted by atomic mass is 10.1. The molecule has 0 aliphatic heterocycles. The standard InChI is InChI=1S/C30H34ClN3O5S/c1-22(30(36)32-25-8-6-7-9-25)33(20-23-12-14-24(31)15-13-23)29(35)21-34(40(2,37)38)26-16-18-28(19-17-26)39-27-10-4-3-5-11-27/h3-5,10-19,22,25H,6-9,20-21H2,1-2H3,(H,32,36). The molecule has 0 heterocycles. The summed E-state index contributed by atoms with van der Waals surface area (Å²) < 4.78 is 32.5. The number of halogens is 1. The van der Waals surface area contributed by atoms with E-state index < -0.39 is 28.5 Å². The molecule has 212 valence electrons. The van der Waals surface area contributed by atoms with Crippen LogP contribution in [0.25, 0.3) is 0 Å². The van der Waals surface area contributed by atoms with Crippen LogP contribution in [-0.2, 0) is 26.2 Å². The second-order valence-corrected chi connectivity index (χ2v) is 12.3. The number of anilines is 1. The Morgan fingerprint density at radius 1 is 0.950 bits per heavy atom. The van der Waals surface area contributed by atoms with E-state index in [1.165, 1.54) is 4.90 Å². The van der Waals surface area contributed by atoms with E-state index in [4.69, 9.17) is 16.3 Å². The third-order valence-electron chi connectivity index (χ3n) is 6.92. The summed E-state index contributed by atoms with van der Waals surface area (Å²) >= 11 is 6.04. The molecular weight excluding hydrogens is 550 g/mol. The first-order chi connectivity index (χ1) is 19.1. The molecule has 3 aromatic rings. The van der Waals surface area contributed by atoms with Gasteiger partial charge in [-0.25, -0.2) is 8.42 Å². The Morgan fingerprint density at radius 2 is 1.55 bits per heavy atom.